The first-order valence-corrected chi connectivity index (χ1v) is 7.36. The van der Waals surface area contributed by atoms with Gasteiger partial charge in [0.15, 0.2) is 5.43 Å². The van der Waals surface area contributed by atoms with Crippen LogP contribution in [0.1, 0.15) is 0 Å². The molecule has 3 rings (SSSR count). The summed E-state index contributed by atoms with van der Waals surface area (Å²) in [4.78, 5) is 24.0. The summed E-state index contributed by atoms with van der Waals surface area (Å²) in [5, 5.41) is 3.00. The number of halogens is 3. The van der Waals surface area contributed by atoms with Crippen molar-refractivity contribution in [1.29, 1.82) is 0 Å². The average molecular weight is 349 g/mol. The molecule has 1 aromatic heterocycles. The van der Waals surface area contributed by atoms with Crippen LogP contribution in [0.4, 0.5) is 14.5 Å². The summed E-state index contributed by atoms with van der Waals surface area (Å²) in [5.74, 6) is -2.36. The zero-order chi connectivity index (χ0) is 17.3. The van der Waals surface area contributed by atoms with E-state index >= 15 is 0 Å². The van der Waals surface area contributed by atoms with Crippen molar-refractivity contribution in [1.82, 2.24) is 4.57 Å². The van der Waals surface area contributed by atoms with Gasteiger partial charge in [-0.25, -0.2) is 8.78 Å². The summed E-state index contributed by atoms with van der Waals surface area (Å²) >= 11 is 5.94. The molecule has 0 aliphatic rings. The summed E-state index contributed by atoms with van der Waals surface area (Å²) in [6.45, 7) is -0.231. The lowest BCUT2D eigenvalue weighted by Gasteiger charge is -2.12. The van der Waals surface area contributed by atoms with Crippen LogP contribution in [0.15, 0.2) is 53.5 Å². The van der Waals surface area contributed by atoms with E-state index < -0.39 is 23.2 Å². The molecule has 0 saturated carbocycles. The monoisotopic (exact) mass is 348 g/mol. The molecule has 3 aromatic rings. The number of benzene rings is 2. The fourth-order valence-electron chi connectivity index (χ4n) is 2.37. The highest BCUT2D eigenvalue weighted by atomic mass is 35.5. The van der Waals surface area contributed by atoms with Gasteiger partial charge < -0.3 is 9.88 Å². The van der Waals surface area contributed by atoms with Gasteiger partial charge in [-0.1, -0.05) is 17.7 Å². The molecule has 7 heteroatoms. The molecule has 0 aliphatic heterocycles. The number of fused-ring (bicyclic) bond motifs is 1. The Kier molecular flexibility index (Phi) is 4.31. The summed E-state index contributed by atoms with van der Waals surface area (Å²) in [5.41, 5.74) is -0.261. The number of nitrogens with one attached hydrogen (secondary N) is 1. The number of rotatable bonds is 3. The highest BCUT2D eigenvalue weighted by molar-refractivity contribution is 6.31. The van der Waals surface area contributed by atoms with Gasteiger partial charge in [-0.05, 0) is 30.3 Å². The molecule has 2 aromatic carbocycles. The standard InChI is InChI=1S/C17H11ClF2N2O2/c18-10-4-5-11-14(8-10)22(7-6-15(11)23)9-16(24)21-17-12(19)2-1-3-13(17)20/h1-8H,9H2,(H,21,24). The first-order valence-electron chi connectivity index (χ1n) is 6.98. The predicted molar refractivity (Wildman–Crippen MR) is 88.2 cm³/mol. The van der Waals surface area contributed by atoms with Crippen molar-refractivity contribution < 1.29 is 13.6 Å². The third-order valence-corrected chi connectivity index (χ3v) is 3.72. The number of anilines is 1. The van der Waals surface area contributed by atoms with Gasteiger partial charge in [0.1, 0.15) is 23.9 Å². The van der Waals surface area contributed by atoms with Crippen LogP contribution in [-0.2, 0) is 11.3 Å². The number of amides is 1. The van der Waals surface area contributed by atoms with Crippen LogP contribution in [0.5, 0.6) is 0 Å². The van der Waals surface area contributed by atoms with E-state index in [0.29, 0.717) is 15.9 Å². The molecule has 122 valence electrons. The van der Waals surface area contributed by atoms with Crippen LogP contribution < -0.4 is 10.7 Å². The van der Waals surface area contributed by atoms with Crippen LogP contribution in [0.3, 0.4) is 0 Å². The van der Waals surface area contributed by atoms with E-state index in [9.17, 15) is 18.4 Å². The topological polar surface area (TPSA) is 51.1 Å². The number of hydrogen-bond acceptors (Lipinski definition) is 2. The van der Waals surface area contributed by atoms with E-state index in [1.54, 1.807) is 18.2 Å². The molecule has 4 nitrogen and oxygen atoms in total. The van der Waals surface area contributed by atoms with Gasteiger partial charge in [-0.15, -0.1) is 0 Å². The minimum Gasteiger partial charge on any atom is -0.338 e. The number of para-hydroxylation sites is 1. The first kappa shape index (κ1) is 16.1. The Hall–Kier alpha value is -2.73. The molecule has 1 heterocycles. The van der Waals surface area contributed by atoms with Crippen LogP contribution >= 0.6 is 11.6 Å². The third kappa shape index (κ3) is 3.14. The average Bonchev–Trinajstić information content (AvgIpc) is 2.54. The Morgan fingerprint density at radius 3 is 2.54 bits per heavy atom. The predicted octanol–water partition coefficient (Wildman–Crippen LogP) is 3.57. The van der Waals surface area contributed by atoms with Crippen LogP contribution in [0.2, 0.25) is 5.02 Å². The molecule has 0 fully saturated rings. The molecular weight excluding hydrogens is 338 g/mol. The Balaban J connectivity index is 1.93. The number of nitrogens with zero attached hydrogens (tertiary/aromatic N) is 1. The van der Waals surface area contributed by atoms with Crippen molar-refractivity contribution in [3.8, 4) is 0 Å². The molecule has 0 saturated heterocycles. The number of aromatic nitrogens is 1. The van der Waals surface area contributed by atoms with E-state index in [2.05, 4.69) is 5.32 Å². The van der Waals surface area contributed by atoms with Crippen molar-refractivity contribution >= 4 is 34.1 Å². The summed E-state index contributed by atoms with van der Waals surface area (Å²) < 4.78 is 28.7. The van der Waals surface area contributed by atoms with E-state index in [0.717, 1.165) is 12.1 Å². The van der Waals surface area contributed by atoms with E-state index in [1.807, 2.05) is 0 Å². The second kappa shape index (κ2) is 6.41. The largest absolute Gasteiger partial charge is 0.338 e. The van der Waals surface area contributed by atoms with Crippen molar-refractivity contribution in [2.45, 2.75) is 6.54 Å². The zero-order valence-electron chi connectivity index (χ0n) is 12.2. The van der Waals surface area contributed by atoms with Crippen molar-refractivity contribution in [2.75, 3.05) is 5.32 Å². The van der Waals surface area contributed by atoms with Gasteiger partial charge in [-0.2, -0.15) is 0 Å². The molecular formula is C17H11ClF2N2O2. The van der Waals surface area contributed by atoms with Crippen molar-refractivity contribution in [3.05, 3.63) is 75.5 Å². The fourth-order valence-corrected chi connectivity index (χ4v) is 2.53. The molecule has 0 unspecified atom stereocenters. The maximum Gasteiger partial charge on any atom is 0.244 e. The lowest BCUT2D eigenvalue weighted by Crippen LogP contribution is -2.21. The molecule has 24 heavy (non-hydrogen) atoms. The van der Waals surface area contributed by atoms with Gasteiger partial charge in [0, 0.05) is 22.7 Å². The normalized spacial score (nSPS) is 10.8. The Morgan fingerprint density at radius 2 is 1.83 bits per heavy atom. The zero-order valence-corrected chi connectivity index (χ0v) is 13.0. The number of carbonyl (C=O) groups is 1. The van der Waals surface area contributed by atoms with Crippen molar-refractivity contribution in [3.63, 3.8) is 0 Å². The Morgan fingerprint density at radius 1 is 1.12 bits per heavy atom. The highest BCUT2D eigenvalue weighted by Gasteiger charge is 2.13. The highest BCUT2D eigenvalue weighted by Crippen LogP contribution is 2.19. The van der Waals surface area contributed by atoms with Gasteiger partial charge in [0.2, 0.25) is 5.91 Å². The second-order valence-electron chi connectivity index (χ2n) is 5.11. The molecule has 0 atom stereocenters. The van der Waals surface area contributed by atoms with Gasteiger partial charge in [0.05, 0.1) is 5.52 Å². The molecule has 0 bridgehead atoms. The Labute approximate surface area is 140 Å². The summed E-state index contributed by atoms with van der Waals surface area (Å²) in [6.07, 6.45) is 1.43. The minimum atomic E-state index is -0.865. The fraction of sp³-hybridized carbons (Fsp3) is 0.0588. The summed E-state index contributed by atoms with van der Waals surface area (Å²) in [7, 11) is 0. The van der Waals surface area contributed by atoms with E-state index in [-0.39, 0.29) is 12.0 Å². The summed E-state index contributed by atoms with van der Waals surface area (Å²) in [6, 6.07) is 9.30. The number of carbonyl (C=O) groups excluding carboxylic acids is 1. The van der Waals surface area contributed by atoms with Gasteiger partial charge >= 0.3 is 0 Å². The SMILES string of the molecule is O=C(Cn1ccc(=O)c2ccc(Cl)cc21)Nc1c(F)cccc1F. The van der Waals surface area contributed by atoms with Crippen molar-refractivity contribution in [2.24, 2.45) is 0 Å². The Bertz CT molecular complexity index is 981. The molecule has 1 N–H and O–H groups in total. The lowest BCUT2D eigenvalue weighted by molar-refractivity contribution is -0.116. The molecule has 0 spiro atoms. The quantitative estimate of drug-likeness (QED) is 0.786. The second-order valence-corrected chi connectivity index (χ2v) is 5.55. The number of pyridine rings is 1. The molecule has 0 aliphatic carbocycles. The maximum atomic E-state index is 13.6. The van der Waals surface area contributed by atoms with Crippen LogP contribution in [0, 0.1) is 11.6 Å². The van der Waals surface area contributed by atoms with Crippen LogP contribution in [0.25, 0.3) is 10.9 Å². The molecule has 1 amide bonds. The molecule has 0 radical (unpaired) electrons. The lowest BCUT2D eigenvalue weighted by atomic mass is 10.2. The van der Waals surface area contributed by atoms with E-state index in [1.165, 1.54) is 22.9 Å². The first-order chi connectivity index (χ1) is 11.5. The third-order valence-electron chi connectivity index (χ3n) is 3.48. The van der Waals surface area contributed by atoms with E-state index in [4.69, 9.17) is 11.6 Å². The van der Waals surface area contributed by atoms with Crippen LogP contribution in [-0.4, -0.2) is 10.5 Å². The minimum absolute atomic E-state index is 0.210. The van der Waals surface area contributed by atoms with Gasteiger partial charge in [-0.3, -0.25) is 9.59 Å². The smallest absolute Gasteiger partial charge is 0.244 e. The number of hydrogen-bond donors (Lipinski definition) is 1. The maximum absolute atomic E-state index is 13.6. The van der Waals surface area contributed by atoms with Gasteiger partial charge in [0.25, 0.3) is 0 Å².